The molecule has 0 aliphatic heterocycles. The minimum absolute atomic E-state index is 0.717. The zero-order chi connectivity index (χ0) is 21.0. The molecule has 1 heteroatoms. The molecule has 0 saturated heterocycles. The molecule has 1 aliphatic rings. The smallest absolute Gasteiger partial charge is 0.0715 e. The molecule has 1 aliphatic carbocycles. The number of allylic oxidation sites excluding steroid dienone is 2. The fraction of sp³-hybridized carbons (Fsp3) is 0.517. The summed E-state index contributed by atoms with van der Waals surface area (Å²) in [4.78, 5) is 0. The van der Waals surface area contributed by atoms with Crippen molar-refractivity contribution in [3.63, 3.8) is 0 Å². The van der Waals surface area contributed by atoms with E-state index in [-0.39, 0.29) is 0 Å². The van der Waals surface area contributed by atoms with Gasteiger partial charge in [-0.1, -0.05) is 67.6 Å². The van der Waals surface area contributed by atoms with Crippen LogP contribution < -0.4 is 0 Å². The van der Waals surface area contributed by atoms with Gasteiger partial charge in [0.1, 0.15) is 0 Å². The van der Waals surface area contributed by atoms with Crippen molar-refractivity contribution in [3.8, 4) is 0 Å². The lowest BCUT2D eigenvalue weighted by atomic mass is 9.77. The summed E-state index contributed by atoms with van der Waals surface area (Å²) in [5, 5.41) is 0. The van der Waals surface area contributed by atoms with Crippen molar-refractivity contribution >= 4 is 0 Å². The predicted molar refractivity (Wildman–Crippen MR) is 129 cm³/mol. The van der Waals surface area contributed by atoms with Gasteiger partial charge in [-0.25, -0.2) is 0 Å². The molecule has 1 fully saturated rings. The minimum Gasteiger partial charge on any atom is -0.380 e. The SMILES string of the molecule is CCC=CCC1CCC(c2ccc(CCCCc3ccccc3COC)cc2)CC1. The summed E-state index contributed by atoms with van der Waals surface area (Å²) < 4.78 is 5.33. The second kappa shape index (κ2) is 12.7. The van der Waals surface area contributed by atoms with Gasteiger partial charge in [-0.3, -0.25) is 0 Å². The van der Waals surface area contributed by atoms with Crippen molar-refractivity contribution in [2.45, 2.75) is 83.7 Å². The van der Waals surface area contributed by atoms with Crippen LogP contribution in [0.3, 0.4) is 0 Å². The maximum atomic E-state index is 5.33. The van der Waals surface area contributed by atoms with E-state index in [9.17, 15) is 0 Å². The molecule has 0 bridgehead atoms. The van der Waals surface area contributed by atoms with Crippen LogP contribution in [0, 0.1) is 5.92 Å². The standard InChI is InChI=1S/C29H40O/c1-3-4-5-10-24-15-19-27(20-16-24)28-21-17-25(18-22-28)11-6-7-12-26-13-8-9-14-29(26)23-30-2/h4-5,8-9,13-14,17-18,21-22,24,27H,3,6-7,10-12,15-16,19-20,23H2,1-2H3. The van der Waals surface area contributed by atoms with Gasteiger partial charge in [0.2, 0.25) is 0 Å². The summed E-state index contributed by atoms with van der Waals surface area (Å²) in [6.45, 7) is 2.94. The molecular weight excluding hydrogens is 364 g/mol. The minimum atomic E-state index is 0.717. The second-order valence-corrected chi connectivity index (χ2v) is 8.98. The number of benzene rings is 2. The van der Waals surface area contributed by atoms with Crippen molar-refractivity contribution in [1.29, 1.82) is 0 Å². The van der Waals surface area contributed by atoms with Crippen molar-refractivity contribution in [2.75, 3.05) is 7.11 Å². The molecule has 30 heavy (non-hydrogen) atoms. The first-order valence-electron chi connectivity index (χ1n) is 12.1. The molecule has 2 aromatic rings. The van der Waals surface area contributed by atoms with E-state index in [1.165, 1.54) is 74.5 Å². The molecule has 0 radical (unpaired) electrons. The highest BCUT2D eigenvalue weighted by atomic mass is 16.5. The molecule has 162 valence electrons. The quantitative estimate of drug-likeness (QED) is 0.272. The maximum Gasteiger partial charge on any atom is 0.0715 e. The van der Waals surface area contributed by atoms with Crippen LogP contribution in [-0.4, -0.2) is 7.11 Å². The molecule has 0 atom stereocenters. The molecule has 0 unspecified atom stereocenters. The summed E-state index contributed by atoms with van der Waals surface area (Å²) in [6.07, 6.45) is 17.5. The Labute approximate surface area is 184 Å². The molecule has 0 amide bonds. The average Bonchev–Trinajstić information content (AvgIpc) is 2.79. The molecule has 0 N–H and O–H groups in total. The second-order valence-electron chi connectivity index (χ2n) is 8.98. The normalized spacial score (nSPS) is 19.4. The van der Waals surface area contributed by atoms with Crippen molar-refractivity contribution in [1.82, 2.24) is 0 Å². The fourth-order valence-corrected chi connectivity index (χ4v) is 4.89. The van der Waals surface area contributed by atoms with Crippen molar-refractivity contribution < 1.29 is 4.74 Å². The van der Waals surface area contributed by atoms with Gasteiger partial charge in [-0.15, -0.1) is 0 Å². The lowest BCUT2D eigenvalue weighted by Gasteiger charge is -2.28. The Balaban J connectivity index is 1.39. The molecule has 2 aromatic carbocycles. The van der Waals surface area contributed by atoms with E-state index < -0.39 is 0 Å². The zero-order valence-electron chi connectivity index (χ0n) is 19.1. The molecule has 0 aromatic heterocycles. The van der Waals surface area contributed by atoms with E-state index in [2.05, 4.69) is 67.6 Å². The summed E-state index contributed by atoms with van der Waals surface area (Å²) >= 11 is 0. The predicted octanol–water partition coefficient (Wildman–Crippen LogP) is 8.03. The van der Waals surface area contributed by atoms with Crippen LogP contribution in [0.4, 0.5) is 0 Å². The maximum absolute atomic E-state index is 5.33. The van der Waals surface area contributed by atoms with E-state index >= 15 is 0 Å². The highest BCUT2D eigenvalue weighted by molar-refractivity contribution is 5.27. The summed E-state index contributed by atoms with van der Waals surface area (Å²) in [6, 6.07) is 18.3. The first-order valence-corrected chi connectivity index (χ1v) is 12.1. The number of ether oxygens (including phenoxy) is 1. The first kappa shape index (κ1) is 22.8. The summed E-state index contributed by atoms with van der Waals surface area (Å²) in [5.41, 5.74) is 5.83. The molecule has 3 rings (SSSR count). The van der Waals surface area contributed by atoms with E-state index in [4.69, 9.17) is 4.74 Å². The van der Waals surface area contributed by atoms with Crippen LogP contribution in [0.5, 0.6) is 0 Å². The Morgan fingerprint density at radius 2 is 1.53 bits per heavy atom. The number of rotatable bonds is 11. The number of hydrogen-bond donors (Lipinski definition) is 0. The Kier molecular flexibility index (Phi) is 9.70. The summed E-state index contributed by atoms with van der Waals surface area (Å²) in [7, 11) is 1.77. The Morgan fingerprint density at radius 1 is 0.833 bits per heavy atom. The third kappa shape index (κ3) is 7.13. The van der Waals surface area contributed by atoms with E-state index in [1.54, 1.807) is 12.7 Å². The van der Waals surface area contributed by atoms with Crippen molar-refractivity contribution in [2.24, 2.45) is 5.92 Å². The van der Waals surface area contributed by atoms with Gasteiger partial charge in [-0.05, 0) is 98.3 Å². The third-order valence-electron chi connectivity index (χ3n) is 6.75. The Morgan fingerprint density at radius 3 is 2.23 bits per heavy atom. The van der Waals surface area contributed by atoms with Crippen LogP contribution in [0.15, 0.2) is 60.7 Å². The Bertz CT molecular complexity index is 750. The fourth-order valence-electron chi connectivity index (χ4n) is 4.89. The lowest BCUT2D eigenvalue weighted by molar-refractivity contribution is 0.184. The first-order chi connectivity index (χ1) is 14.8. The molecule has 0 spiro atoms. The zero-order valence-corrected chi connectivity index (χ0v) is 19.1. The van der Waals surface area contributed by atoms with E-state index in [0.717, 1.165) is 24.9 Å². The topological polar surface area (TPSA) is 9.23 Å². The lowest BCUT2D eigenvalue weighted by Crippen LogP contribution is -2.12. The number of hydrogen-bond acceptors (Lipinski definition) is 1. The van der Waals surface area contributed by atoms with Gasteiger partial charge in [0.05, 0.1) is 6.61 Å². The molecule has 0 heterocycles. The Hall–Kier alpha value is -1.86. The number of unbranched alkanes of at least 4 members (excludes halogenated alkanes) is 1. The summed E-state index contributed by atoms with van der Waals surface area (Å²) in [5.74, 6) is 1.69. The third-order valence-corrected chi connectivity index (χ3v) is 6.75. The van der Waals surface area contributed by atoms with Gasteiger partial charge < -0.3 is 4.74 Å². The van der Waals surface area contributed by atoms with Crippen LogP contribution in [-0.2, 0) is 24.2 Å². The van der Waals surface area contributed by atoms with E-state index in [1.807, 2.05) is 0 Å². The van der Waals surface area contributed by atoms with Gasteiger partial charge in [0, 0.05) is 7.11 Å². The van der Waals surface area contributed by atoms with Crippen LogP contribution >= 0.6 is 0 Å². The van der Waals surface area contributed by atoms with Crippen molar-refractivity contribution in [3.05, 3.63) is 82.9 Å². The van der Waals surface area contributed by atoms with Gasteiger partial charge in [-0.2, -0.15) is 0 Å². The molecule has 1 saturated carbocycles. The molecule has 1 nitrogen and oxygen atoms in total. The van der Waals surface area contributed by atoms with Crippen LogP contribution in [0.2, 0.25) is 0 Å². The highest BCUT2D eigenvalue weighted by Crippen LogP contribution is 2.37. The number of aryl methyl sites for hydroxylation is 2. The van der Waals surface area contributed by atoms with Gasteiger partial charge in [0.25, 0.3) is 0 Å². The monoisotopic (exact) mass is 404 g/mol. The average molecular weight is 405 g/mol. The van der Waals surface area contributed by atoms with Gasteiger partial charge >= 0.3 is 0 Å². The molecular formula is C29H40O. The van der Waals surface area contributed by atoms with Crippen LogP contribution in [0.1, 0.15) is 86.5 Å². The highest BCUT2D eigenvalue weighted by Gasteiger charge is 2.21. The number of methoxy groups -OCH3 is 1. The van der Waals surface area contributed by atoms with Gasteiger partial charge in [0.15, 0.2) is 0 Å². The van der Waals surface area contributed by atoms with Crippen LogP contribution in [0.25, 0.3) is 0 Å². The largest absolute Gasteiger partial charge is 0.380 e. The van der Waals surface area contributed by atoms with E-state index in [0.29, 0.717) is 0 Å².